The lowest BCUT2D eigenvalue weighted by atomic mass is 9.85. The quantitative estimate of drug-likeness (QED) is 0.623. The Morgan fingerprint density at radius 1 is 1.13 bits per heavy atom. The second kappa shape index (κ2) is 7.63. The third kappa shape index (κ3) is 3.48. The first-order valence-electron chi connectivity index (χ1n) is 9.61. The molecule has 2 aromatic carbocycles. The summed E-state index contributed by atoms with van der Waals surface area (Å²) in [5.74, 6) is -0.967. The van der Waals surface area contributed by atoms with Gasteiger partial charge in [0.25, 0.3) is 5.91 Å². The minimum absolute atomic E-state index is 0.0511. The van der Waals surface area contributed by atoms with Crippen LogP contribution in [-0.2, 0) is 14.9 Å². The molecule has 1 aliphatic rings. The number of thiazole rings is 1. The zero-order valence-electron chi connectivity index (χ0n) is 17.6. The summed E-state index contributed by atoms with van der Waals surface area (Å²) in [6.07, 6.45) is 0. The number of esters is 1. The van der Waals surface area contributed by atoms with Crippen molar-refractivity contribution in [3.8, 4) is 11.3 Å². The number of aromatic nitrogens is 1. The number of anilines is 2. The Labute approximate surface area is 183 Å². The Balaban J connectivity index is 1.60. The van der Waals surface area contributed by atoms with Crippen LogP contribution in [0.15, 0.2) is 47.8 Å². The first-order chi connectivity index (χ1) is 14.7. The van der Waals surface area contributed by atoms with Gasteiger partial charge in [-0.05, 0) is 43.7 Å². The molecule has 0 spiro atoms. The zero-order chi connectivity index (χ0) is 22.3. The summed E-state index contributed by atoms with van der Waals surface area (Å²) in [6, 6.07) is 12.3. The lowest BCUT2D eigenvalue weighted by molar-refractivity contribution is -0.121. The van der Waals surface area contributed by atoms with E-state index in [-0.39, 0.29) is 17.0 Å². The van der Waals surface area contributed by atoms with Crippen molar-refractivity contribution >= 4 is 39.9 Å². The molecule has 0 fully saturated rings. The van der Waals surface area contributed by atoms with Crippen molar-refractivity contribution in [2.24, 2.45) is 0 Å². The molecule has 2 heterocycles. The number of likely N-dealkylation sites (N-methyl/N-ethyl adjacent to an activating group) is 1. The Bertz CT molecular complexity index is 1220. The molecule has 1 aliphatic heterocycles. The molecular weight excluding hydrogens is 414 g/mol. The smallest absolute Gasteiger partial charge is 0.338 e. The van der Waals surface area contributed by atoms with Gasteiger partial charge in [-0.3, -0.25) is 14.9 Å². The molecule has 31 heavy (non-hydrogen) atoms. The van der Waals surface area contributed by atoms with Crippen molar-refractivity contribution in [2.75, 3.05) is 24.4 Å². The second-order valence-corrected chi connectivity index (χ2v) is 8.61. The number of hydrogen-bond acceptors (Lipinski definition) is 6. The van der Waals surface area contributed by atoms with Crippen LogP contribution in [0.25, 0.3) is 11.3 Å². The summed E-state index contributed by atoms with van der Waals surface area (Å²) in [5, 5.41) is 5.00. The number of nitrogens with zero attached hydrogens (tertiary/aromatic N) is 2. The molecule has 4 rings (SSSR count). The number of rotatable bonds is 4. The normalized spacial score (nSPS) is 14.3. The van der Waals surface area contributed by atoms with Gasteiger partial charge in [0.2, 0.25) is 5.91 Å². The van der Waals surface area contributed by atoms with Gasteiger partial charge in [-0.25, -0.2) is 9.78 Å². The minimum atomic E-state index is -0.606. The standard InChI is InChI=1S/C23H21N3O4S/c1-23(2)16-11-13(9-10-18(16)26(3)21(23)29)17-12-31-22(24-17)25-19(27)14-7-5-6-8-15(14)20(28)30-4/h5-12H,1-4H3,(H,24,25,27). The van der Waals surface area contributed by atoms with E-state index in [9.17, 15) is 14.4 Å². The van der Waals surface area contributed by atoms with Crippen LogP contribution in [-0.4, -0.2) is 36.9 Å². The van der Waals surface area contributed by atoms with E-state index in [0.29, 0.717) is 10.8 Å². The van der Waals surface area contributed by atoms with Gasteiger partial charge in [0.1, 0.15) is 0 Å². The maximum Gasteiger partial charge on any atom is 0.338 e. The van der Waals surface area contributed by atoms with Gasteiger partial charge in [-0.2, -0.15) is 0 Å². The van der Waals surface area contributed by atoms with Gasteiger partial charge in [0, 0.05) is 23.7 Å². The van der Waals surface area contributed by atoms with Crippen molar-refractivity contribution in [3.05, 3.63) is 64.5 Å². The Morgan fingerprint density at radius 3 is 2.55 bits per heavy atom. The molecule has 0 radical (unpaired) electrons. The number of hydrogen-bond donors (Lipinski definition) is 1. The third-order valence-corrected chi connectivity index (χ3v) is 6.23. The number of ether oxygens (including phenoxy) is 1. The maximum absolute atomic E-state index is 12.7. The molecule has 0 saturated heterocycles. The first kappa shape index (κ1) is 20.7. The van der Waals surface area contributed by atoms with Crippen LogP contribution in [0.2, 0.25) is 0 Å². The highest BCUT2D eigenvalue weighted by atomic mass is 32.1. The number of benzene rings is 2. The fourth-order valence-electron chi connectivity index (χ4n) is 3.73. The van der Waals surface area contributed by atoms with Gasteiger partial charge >= 0.3 is 5.97 Å². The summed E-state index contributed by atoms with van der Waals surface area (Å²) in [4.78, 5) is 43.4. The van der Waals surface area contributed by atoms with Gasteiger partial charge in [-0.15, -0.1) is 11.3 Å². The molecule has 158 valence electrons. The van der Waals surface area contributed by atoms with E-state index in [1.807, 2.05) is 37.4 Å². The first-order valence-corrected chi connectivity index (χ1v) is 10.5. The maximum atomic E-state index is 12.7. The monoisotopic (exact) mass is 435 g/mol. The summed E-state index contributed by atoms with van der Waals surface area (Å²) >= 11 is 1.29. The Hall–Kier alpha value is -3.52. The molecule has 7 nitrogen and oxygen atoms in total. The number of carbonyl (C=O) groups excluding carboxylic acids is 3. The highest BCUT2D eigenvalue weighted by Gasteiger charge is 2.42. The Kier molecular flexibility index (Phi) is 5.10. The van der Waals surface area contributed by atoms with Crippen LogP contribution in [0, 0.1) is 0 Å². The van der Waals surface area contributed by atoms with Crippen LogP contribution in [0.3, 0.4) is 0 Å². The van der Waals surface area contributed by atoms with Crippen LogP contribution in [0.5, 0.6) is 0 Å². The zero-order valence-corrected chi connectivity index (χ0v) is 18.4. The van der Waals surface area contributed by atoms with E-state index in [1.54, 1.807) is 36.2 Å². The van der Waals surface area contributed by atoms with E-state index in [2.05, 4.69) is 10.3 Å². The fraction of sp³-hybridized carbons (Fsp3) is 0.217. The largest absolute Gasteiger partial charge is 0.465 e. The number of nitrogens with one attached hydrogen (secondary N) is 1. The summed E-state index contributed by atoms with van der Waals surface area (Å²) in [5.41, 5.74) is 3.19. The molecule has 0 unspecified atom stereocenters. The summed E-state index contributed by atoms with van der Waals surface area (Å²) in [7, 11) is 3.05. The Morgan fingerprint density at radius 2 is 1.84 bits per heavy atom. The van der Waals surface area contributed by atoms with Crippen LogP contribution in [0.4, 0.5) is 10.8 Å². The molecular formula is C23H21N3O4S. The van der Waals surface area contributed by atoms with Gasteiger partial charge in [0.15, 0.2) is 5.13 Å². The molecule has 8 heteroatoms. The molecule has 2 amide bonds. The fourth-order valence-corrected chi connectivity index (χ4v) is 4.44. The lowest BCUT2D eigenvalue weighted by Gasteiger charge is -2.16. The highest BCUT2D eigenvalue weighted by molar-refractivity contribution is 7.14. The van der Waals surface area contributed by atoms with E-state index >= 15 is 0 Å². The molecule has 0 aliphatic carbocycles. The predicted molar refractivity (Wildman–Crippen MR) is 120 cm³/mol. The lowest BCUT2D eigenvalue weighted by Crippen LogP contribution is -2.33. The van der Waals surface area contributed by atoms with Crippen molar-refractivity contribution in [1.29, 1.82) is 0 Å². The van der Waals surface area contributed by atoms with Crippen LogP contribution in [0.1, 0.15) is 40.1 Å². The molecule has 0 bridgehead atoms. The van der Waals surface area contributed by atoms with Crippen molar-refractivity contribution < 1.29 is 19.1 Å². The summed E-state index contributed by atoms with van der Waals surface area (Å²) < 4.78 is 4.75. The number of carbonyl (C=O) groups is 3. The highest BCUT2D eigenvalue weighted by Crippen LogP contribution is 2.42. The van der Waals surface area contributed by atoms with Gasteiger partial charge in [-0.1, -0.05) is 18.2 Å². The van der Waals surface area contributed by atoms with E-state index in [4.69, 9.17) is 4.74 Å². The van der Waals surface area contributed by atoms with Crippen molar-refractivity contribution in [2.45, 2.75) is 19.3 Å². The van der Waals surface area contributed by atoms with Crippen molar-refractivity contribution in [1.82, 2.24) is 4.98 Å². The van der Waals surface area contributed by atoms with Gasteiger partial charge < -0.3 is 9.64 Å². The number of methoxy groups -OCH3 is 1. The molecule has 1 aromatic heterocycles. The van der Waals surface area contributed by atoms with E-state index < -0.39 is 17.3 Å². The number of fused-ring (bicyclic) bond motifs is 1. The van der Waals surface area contributed by atoms with Crippen molar-refractivity contribution in [3.63, 3.8) is 0 Å². The average molecular weight is 436 g/mol. The molecule has 0 atom stereocenters. The average Bonchev–Trinajstić information content (AvgIpc) is 3.31. The topological polar surface area (TPSA) is 88.6 Å². The van der Waals surface area contributed by atoms with E-state index in [1.165, 1.54) is 18.4 Å². The third-order valence-electron chi connectivity index (χ3n) is 5.47. The van der Waals surface area contributed by atoms with Gasteiger partial charge in [0.05, 0.1) is 29.3 Å². The minimum Gasteiger partial charge on any atom is -0.465 e. The molecule has 0 saturated carbocycles. The second-order valence-electron chi connectivity index (χ2n) is 7.75. The molecule has 3 aromatic rings. The van der Waals surface area contributed by atoms with Crippen LogP contribution >= 0.6 is 11.3 Å². The predicted octanol–water partition coefficient (Wildman–Crippen LogP) is 4.10. The summed E-state index contributed by atoms with van der Waals surface area (Å²) in [6.45, 7) is 3.82. The molecule has 1 N–H and O–H groups in total. The van der Waals surface area contributed by atoms with Crippen LogP contribution < -0.4 is 10.2 Å². The van der Waals surface area contributed by atoms with E-state index in [0.717, 1.165) is 16.8 Å². The SMILES string of the molecule is COC(=O)c1ccccc1C(=O)Nc1nc(-c2ccc3c(c2)C(C)(C)C(=O)N3C)cs1. The number of amides is 2.